The number of piperazine rings is 1. The van der Waals surface area contributed by atoms with Crippen LogP contribution in [-0.2, 0) is 56.6 Å². The first-order valence-electron chi connectivity index (χ1n) is 28.1. The highest BCUT2D eigenvalue weighted by atomic mass is 35.5. The molecule has 23 heteroatoms. The fourth-order valence-electron chi connectivity index (χ4n) is 10.4. The molecule has 2 fully saturated rings. The summed E-state index contributed by atoms with van der Waals surface area (Å²) in [6.45, 7) is 13.3. The van der Waals surface area contributed by atoms with Crippen molar-refractivity contribution in [1.29, 1.82) is 0 Å². The quantitative estimate of drug-likeness (QED) is 0.0478. The summed E-state index contributed by atoms with van der Waals surface area (Å²) in [6.07, 6.45) is 4.25. The molecule has 4 bridgehead atoms. The van der Waals surface area contributed by atoms with Gasteiger partial charge in [-0.25, -0.2) is 29.1 Å². The Morgan fingerprint density at radius 1 is 0.795 bits per heavy atom. The third-order valence-corrected chi connectivity index (χ3v) is 16.9. The Labute approximate surface area is 497 Å². The molecule has 0 radical (unpaired) electrons. The number of hydrogen-bond acceptors (Lipinski definition) is 19. The average molecular weight is 1210 g/mol. The highest BCUT2D eigenvalue weighted by Crippen LogP contribution is 2.53. The Balaban J connectivity index is 0.920. The summed E-state index contributed by atoms with van der Waals surface area (Å²) < 4.78 is 80.5. The lowest BCUT2D eigenvalue weighted by atomic mass is 9.92. The molecule has 10 rings (SSSR count). The van der Waals surface area contributed by atoms with E-state index < -0.39 is 29.6 Å². The van der Waals surface area contributed by atoms with Crippen LogP contribution < -0.4 is 18.9 Å². The molecule has 1 N–H and O–H groups in total. The number of fused-ring (bicyclic) bond motifs is 7. The van der Waals surface area contributed by atoms with Gasteiger partial charge in [0.05, 0.1) is 100 Å². The molecule has 1 saturated heterocycles. The number of rotatable bonds is 27. The summed E-state index contributed by atoms with van der Waals surface area (Å²) in [6, 6.07) is 13.2. The van der Waals surface area contributed by atoms with Gasteiger partial charge in [0, 0.05) is 68.5 Å². The average Bonchev–Trinajstić information content (AvgIpc) is 3.73. The van der Waals surface area contributed by atoms with E-state index in [2.05, 4.69) is 26.8 Å². The van der Waals surface area contributed by atoms with Crippen molar-refractivity contribution in [1.82, 2.24) is 29.7 Å². The number of hydrogen-bond donors (Lipinski definition) is 1. The monoisotopic (exact) mass is 1210 g/mol. The Bertz CT molecular complexity index is 3050. The van der Waals surface area contributed by atoms with Crippen molar-refractivity contribution in [3.63, 3.8) is 0 Å². The highest BCUT2D eigenvalue weighted by Gasteiger charge is 2.40. The second-order valence-corrected chi connectivity index (χ2v) is 22.3. The molecule has 6 aromatic rings. The van der Waals surface area contributed by atoms with Crippen LogP contribution in [0, 0.1) is 19.7 Å². The molecule has 448 valence electrons. The van der Waals surface area contributed by atoms with Crippen molar-refractivity contribution in [3.05, 3.63) is 105 Å². The van der Waals surface area contributed by atoms with Crippen molar-refractivity contribution in [3.8, 4) is 44.7 Å². The van der Waals surface area contributed by atoms with Crippen LogP contribution in [0.2, 0.25) is 10.0 Å². The summed E-state index contributed by atoms with van der Waals surface area (Å²) in [5.74, 6) is 0.0774. The van der Waals surface area contributed by atoms with Gasteiger partial charge in [0.1, 0.15) is 53.4 Å². The molecule has 0 amide bonds. The molecule has 0 spiro atoms. The Hall–Kier alpha value is -5.40. The third kappa shape index (κ3) is 16.3. The van der Waals surface area contributed by atoms with Gasteiger partial charge in [0.2, 0.25) is 12.0 Å². The number of aromatic nitrogens is 4. The maximum atomic E-state index is 14.5. The van der Waals surface area contributed by atoms with Crippen LogP contribution in [0.4, 0.5) is 4.39 Å². The van der Waals surface area contributed by atoms with Gasteiger partial charge in [-0.15, -0.1) is 11.3 Å². The van der Waals surface area contributed by atoms with Crippen molar-refractivity contribution in [2.45, 2.75) is 70.4 Å². The van der Waals surface area contributed by atoms with Crippen molar-refractivity contribution in [2.24, 2.45) is 0 Å². The lowest BCUT2D eigenvalue weighted by Crippen LogP contribution is -2.49. The van der Waals surface area contributed by atoms with Crippen molar-refractivity contribution >= 4 is 50.7 Å². The molecule has 4 aliphatic rings. The van der Waals surface area contributed by atoms with Gasteiger partial charge in [-0.2, -0.15) is 0 Å². The van der Waals surface area contributed by atoms with E-state index in [0.717, 1.165) is 51.9 Å². The maximum Gasteiger partial charge on any atom is 0.345 e. The topological polar surface area (TPSA) is 197 Å². The van der Waals surface area contributed by atoms with E-state index in [4.69, 9.17) is 85.3 Å². The number of carbonyl (C=O) groups is 1. The van der Waals surface area contributed by atoms with E-state index in [-0.39, 0.29) is 35.6 Å². The largest absolute Gasteiger partial charge is 0.490 e. The van der Waals surface area contributed by atoms with Gasteiger partial charge in [-0.3, -0.25) is 4.90 Å². The minimum Gasteiger partial charge on any atom is -0.490 e. The van der Waals surface area contributed by atoms with Gasteiger partial charge in [0.25, 0.3) is 0 Å². The van der Waals surface area contributed by atoms with Crippen LogP contribution in [0.3, 0.4) is 0 Å². The molecule has 6 heterocycles. The zero-order valence-corrected chi connectivity index (χ0v) is 49.8. The Kier molecular flexibility index (Phi) is 22.9. The van der Waals surface area contributed by atoms with Crippen LogP contribution in [-0.4, -0.2) is 186 Å². The van der Waals surface area contributed by atoms with Crippen LogP contribution in [0.15, 0.2) is 61.1 Å². The minimum atomic E-state index is -1.49. The number of thiophene rings is 1. The SMILES string of the molecule is COCCOCCOCCOCCOCCOCCOC1(c2nccc(COc3ccc4cc3C[C@H](C(=O)O)Oc3ncnc5sc(-c6ccc(F)cc6)c(c35)-c3c(C)c(Cl)c(c(Cl)c3C)O[C@H](CN3CCN(C)CC3)CO4)n2)CCCC1. The molecule has 3 aliphatic heterocycles. The Morgan fingerprint density at radius 3 is 2.07 bits per heavy atom. The number of likely N-dealkylation sites (N-methyl/N-ethyl adjacent to an activating group) is 1. The summed E-state index contributed by atoms with van der Waals surface area (Å²) in [5, 5.41) is 12.0. The van der Waals surface area contributed by atoms with E-state index >= 15 is 0 Å². The second kappa shape index (κ2) is 30.6. The van der Waals surface area contributed by atoms with Gasteiger partial charge in [-0.05, 0) is 105 Å². The number of halogens is 3. The first-order chi connectivity index (χ1) is 40.4. The van der Waals surface area contributed by atoms with Gasteiger partial charge >= 0.3 is 5.97 Å². The first kappa shape index (κ1) is 62.1. The summed E-state index contributed by atoms with van der Waals surface area (Å²) >= 11 is 16.1. The second-order valence-electron chi connectivity index (χ2n) is 20.6. The number of methoxy groups -OCH3 is 1. The van der Waals surface area contributed by atoms with Crippen molar-refractivity contribution < 1.29 is 66.4 Å². The fourth-order valence-corrected chi connectivity index (χ4v) is 12.0. The van der Waals surface area contributed by atoms with E-state index in [0.29, 0.717) is 163 Å². The lowest BCUT2D eigenvalue weighted by molar-refractivity contribution is -0.145. The first-order valence-corrected chi connectivity index (χ1v) is 29.7. The molecule has 1 aliphatic carbocycles. The summed E-state index contributed by atoms with van der Waals surface area (Å²) in [7, 11) is 3.74. The third-order valence-electron chi connectivity index (χ3n) is 14.8. The molecule has 83 heavy (non-hydrogen) atoms. The van der Waals surface area contributed by atoms with Gasteiger partial charge in [-0.1, -0.05) is 35.3 Å². The highest BCUT2D eigenvalue weighted by molar-refractivity contribution is 7.22. The van der Waals surface area contributed by atoms with Crippen LogP contribution in [0.25, 0.3) is 31.8 Å². The van der Waals surface area contributed by atoms with Gasteiger partial charge < -0.3 is 62.1 Å². The number of aliphatic carboxylic acids is 1. The minimum absolute atomic E-state index is 0.0177. The van der Waals surface area contributed by atoms with E-state index in [9.17, 15) is 14.3 Å². The number of ether oxygens (including phenoxy) is 11. The maximum absolute atomic E-state index is 14.5. The van der Waals surface area contributed by atoms with Crippen LogP contribution >= 0.6 is 34.5 Å². The summed E-state index contributed by atoms with van der Waals surface area (Å²) in [4.78, 5) is 38.3. The molecule has 0 unspecified atom stereocenters. The standard InChI is InChI=1S/C60H73Cl2FN6O13S/c1-39-49-40(2)53(62)54(52(39)61)81-46(35-69-19-17-68(3)18-20-69)37-78-45-11-12-47(42(33-45)34-48(58(70)71)82-56-51-50(49)55(83-57(51)66-38-65-56)41-7-9-43(63)10-8-41)79-36-44-13-16-64-59(67-44)60(14-5-6-15-60)80-32-31-77-30-29-76-28-27-75-26-25-74-24-23-73-22-21-72-4/h7-13,16,33,38,46,48H,5-6,14-15,17-32,34-37H2,1-4H3,(H,70,71)/t46-,48-/m1/s1. The summed E-state index contributed by atoms with van der Waals surface area (Å²) in [5.41, 5.74) is 3.63. The molecule has 2 atom stereocenters. The lowest BCUT2D eigenvalue weighted by Gasteiger charge is -2.35. The van der Waals surface area contributed by atoms with Gasteiger partial charge in [0.15, 0.2) is 11.6 Å². The molecular formula is C60H73Cl2FN6O13S. The number of benzene rings is 3. The van der Waals surface area contributed by atoms with Crippen molar-refractivity contribution in [2.75, 3.05) is 133 Å². The molecule has 19 nitrogen and oxygen atoms in total. The molecular weight excluding hydrogens is 1130 g/mol. The zero-order valence-electron chi connectivity index (χ0n) is 47.5. The van der Waals surface area contributed by atoms with E-state index in [1.165, 1.54) is 29.8 Å². The predicted octanol–water partition coefficient (Wildman–Crippen LogP) is 9.43. The smallest absolute Gasteiger partial charge is 0.345 e. The normalized spacial score (nSPS) is 17.5. The zero-order chi connectivity index (χ0) is 58.1. The van der Waals surface area contributed by atoms with E-state index in [1.54, 1.807) is 49.7 Å². The van der Waals surface area contributed by atoms with E-state index in [1.807, 2.05) is 13.8 Å². The molecule has 1 saturated carbocycles. The Morgan fingerprint density at radius 2 is 1.43 bits per heavy atom. The fraction of sp³-hybridized carbons (Fsp3) is 0.517. The number of carboxylic acid groups (broad SMARTS) is 1. The van der Waals surface area contributed by atoms with Crippen LogP contribution in [0.1, 0.15) is 53.9 Å². The number of carboxylic acids is 1. The number of nitrogens with zero attached hydrogens (tertiary/aromatic N) is 6. The predicted molar refractivity (Wildman–Crippen MR) is 312 cm³/mol. The van der Waals surface area contributed by atoms with Crippen LogP contribution in [0.5, 0.6) is 23.1 Å². The molecule has 3 aromatic carbocycles. The molecule has 3 aromatic heterocycles.